The molecule has 2 aromatic carbocycles. The van der Waals surface area contributed by atoms with Gasteiger partial charge in [-0.3, -0.25) is 14.4 Å². The summed E-state index contributed by atoms with van der Waals surface area (Å²) in [6.45, 7) is 3.76. The second kappa shape index (κ2) is 8.83. The van der Waals surface area contributed by atoms with Crippen molar-refractivity contribution in [2.45, 2.75) is 39.0 Å². The Balaban J connectivity index is 1.67. The quantitative estimate of drug-likeness (QED) is 0.580. The molecule has 1 heterocycles. The highest BCUT2D eigenvalue weighted by Gasteiger charge is 2.28. The number of hydrogen-bond acceptors (Lipinski definition) is 4. The van der Waals surface area contributed by atoms with Gasteiger partial charge in [-0.05, 0) is 41.7 Å². The van der Waals surface area contributed by atoms with Crippen LogP contribution in [0.15, 0.2) is 48.5 Å². The van der Waals surface area contributed by atoms with E-state index in [4.69, 9.17) is 4.74 Å². The number of carbonyl (C=O) groups excluding carboxylic acids is 3. The van der Waals surface area contributed by atoms with Crippen molar-refractivity contribution in [1.29, 1.82) is 0 Å². The van der Waals surface area contributed by atoms with Gasteiger partial charge in [0.15, 0.2) is 12.4 Å². The monoisotopic (exact) mass is 379 g/mol. The van der Waals surface area contributed by atoms with E-state index in [-0.39, 0.29) is 30.2 Å². The number of esters is 1. The van der Waals surface area contributed by atoms with Crippen LogP contribution >= 0.6 is 0 Å². The third-order valence-electron chi connectivity index (χ3n) is 5.29. The molecule has 0 unspecified atom stereocenters. The third kappa shape index (κ3) is 4.47. The fourth-order valence-electron chi connectivity index (χ4n) is 3.46. The van der Waals surface area contributed by atoms with E-state index in [9.17, 15) is 14.4 Å². The number of rotatable bonds is 7. The second-order valence-corrected chi connectivity index (χ2v) is 7.22. The van der Waals surface area contributed by atoms with Gasteiger partial charge in [0.25, 0.3) is 0 Å². The summed E-state index contributed by atoms with van der Waals surface area (Å²) in [6.07, 6.45) is 1.85. The molecule has 0 radical (unpaired) electrons. The molecule has 0 saturated heterocycles. The predicted molar refractivity (Wildman–Crippen MR) is 107 cm³/mol. The van der Waals surface area contributed by atoms with Crippen LogP contribution in [0.1, 0.15) is 54.1 Å². The van der Waals surface area contributed by atoms with Crippen LogP contribution in [-0.4, -0.2) is 24.3 Å². The minimum Gasteiger partial charge on any atom is -0.457 e. The van der Waals surface area contributed by atoms with Crippen LogP contribution in [0.25, 0.3) is 0 Å². The van der Waals surface area contributed by atoms with Crippen LogP contribution in [-0.2, 0) is 20.7 Å². The first kappa shape index (κ1) is 19.8. The average Bonchev–Trinajstić information content (AvgIpc) is 2.72. The van der Waals surface area contributed by atoms with Crippen molar-refractivity contribution in [2.24, 2.45) is 5.92 Å². The van der Waals surface area contributed by atoms with E-state index in [1.54, 1.807) is 18.2 Å². The van der Waals surface area contributed by atoms with E-state index in [2.05, 4.69) is 5.32 Å². The van der Waals surface area contributed by atoms with Gasteiger partial charge in [-0.1, -0.05) is 50.6 Å². The molecule has 146 valence electrons. The van der Waals surface area contributed by atoms with Gasteiger partial charge in [-0.25, -0.2) is 0 Å². The molecule has 0 aromatic heterocycles. The lowest BCUT2D eigenvalue weighted by Crippen LogP contribution is -2.25. The number of hydrogen-bond donors (Lipinski definition) is 1. The lowest BCUT2D eigenvalue weighted by atomic mass is 9.85. The highest BCUT2D eigenvalue weighted by Crippen LogP contribution is 2.28. The average molecular weight is 379 g/mol. The summed E-state index contributed by atoms with van der Waals surface area (Å²) in [6, 6.07) is 14.7. The van der Waals surface area contributed by atoms with E-state index in [0.29, 0.717) is 18.4 Å². The fraction of sp³-hybridized carbons (Fsp3) is 0.348. The molecule has 0 spiro atoms. The number of aryl methyl sites for hydroxylation is 1. The molecule has 0 bridgehead atoms. The van der Waals surface area contributed by atoms with Crippen molar-refractivity contribution in [3.05, 3.63) is 65.2 Å². The zero-order chi connectivity index (χ0) is 20.1. The van der Waals surface area contributed by atoms with Crippen molar-refractivity contribution >= 4 is 23.3 Å². The molecule has 28 heavy (non-hydrogen) atoms. The molecule has 1 aliphatic heterocycles. The topological polar surface area (TPSA) is 72.5 Å². The predicted octanol–water partition coefficient (Wildman–Crippen LogP) is 4.13. The SMILES string of the molecule is CC[C@H](C)[C@@H](C(=O)OCC(=O)c1ccc2c(c1)CCC(=O)N2)c1ccccc1. The molecule has 1 aliphatic rings. The Labute approximate surface area is 165 Å². The van der Waals surface area contributed by atoms with Crippen molar-refractivity contribution in [3.63, 3.8) is 0 Å². The van der Waals surface area contributed by atoms with Gasteiger partial charge >= 0.3 is 5.97 Å². The molecule has 0 aliphatic carbocycles. The van der Waals surface area contributed by atoms with Gasteiger partial charge in [-0.2, -0.15) is 0 Å². The standard InChI is InChI=1S/C23H25NO4/c1-3-15(2)22(16-7-5-4-6-8-16)23(27)28-14-20(25)18-9-11-19-17(13-18)10-12-21(26)24-19/h4-9,11,13,15,22H,3,10,12,14H2,1-2H3,(H,24,26)/t15-,22+/m0/s1. The van der Waals surface area contributed by atoms with Crippen LogP contribution in [0.4, 0.5) is 5.69 Å². The molecule has 2 aromatic rings. The van der Waals surface area contributed by atoms with Crippen LogP contribution in [0, 0.1) is 5.92 Å². The Morgan fingerprint density at radius 2 is 1.86 bits per heavy atom. The first-order valence-electron chi connectivity index (χ1n) is 9.67. The molecule has 1 amide bonds. The number of anilines is 1. The largest absolute Gasteiger partial charge is 0.457 e. The Morgan fingerprint density at radius 1 is 1.11 bits per heavy atom. The van der Waals surface area contributed by atoms with Crippen molar-refractivity contribution in [3.8, 4) is 0 Å². The van der Waals surface area contributed by atoms with E-state index in [1.807, 2.05) is 44.2 Å². The van der Waals surface area contributed by atoms with Gasteiger partial charge in [0.05, 0.1) is 5.92 Å². The van der Waals surface area contributed by atoms with Crippen molar-refractivity contribution in [1.82, 2.24) is 0 Å². The summed E-state index contributed by atoms with van der Waals surface area (Å²) in [4.78, 5) is 36.7. The number of carbonyl (C=O) groups is 3. The molecule has 5 heteroatoms. The van der Waals surface area contributed by atoms with Gasteiger partial charge in [0.2, 0.25) is 5.91 Å². The maximum absolute atomic E-state index is 12.7. The van der Waals surface area contributed by atoms with E-state index in [1.165, 1.54) is 0 Å². The number of ether oxygens (including phenoxy) is 1. The summed E-state index contributed by atoms with van der Waals surface area (Å²) in [5.74, 6) is -0.921. The molecule has 5 nitrogen and oxygen atoms in total. The van der Waals surface area contributed by atoms with Crippen molar-refractivity contribution in [2.75, 3.05) is 11.9 Å². The molecule has 0 saturated carbocycles. The molecule has 3 rings (SSSR count). The van der Waals surface area contributed by atoms with Crippen LogP contribution in [0.2, 0.25) is 0 Å². The Hall–Kier alpha value is -2.95. The van der Waals surface area contributed by atoms with Gasteiger partial charge in [-0.15, -0.1) is 0 Å². The first-order valence-corrected chi connectivity index (χ1v) is 9.67. The zero-order valence-electron chi connectivity index (χ0n) is 16.2. The lowest BCUT2D eigenvalue weighted by Gasteiger charge is -2.22. The molecular weight excluding hydrogens is 354 g/mol. The highest BCUT2D eigenvalue weighted by molar-refractivity contribution is 6.00. The van der Waals surface area contributed by atoms with E-state index < -0.39 is 5.92 Å². The van der Waals surface area contributed by atoms with Gasteiger partial charge < -0.3 is 10.1 Å². The Bertz CT molecular complexity index is 875. The summed E-state index contributed by atoms with van der Waals surface area (Å²) in [5.41, 5.74) is 3.06. The normalized spacial score (nSPS) is 15.1. The molecule has 2 atom stereocenters. The first-order chi connectivity index (χ1) is 13.5. The molecular formula is C23H25NO4. The smallest absolute Gasteiger partial charge is 0.314 e. The Kier molecular flexibility index (Phi) is 6.24. The Morgan fingerprint density at radius 3 is 2.57 bits per heavy atom. The maximum Gasteiger partial charge on any atom is 0.314 e. The minimum absolute atomic E-state index is 0.0162. The number of nitrogens with one attached hydrogen (secondary N) is 1. The number of amides is 1. The van der Waals surface area contributed by atoms with Crippen LogP contribution in [0.3, 0.4) is 0 Å². The summed E-state index contributed by atoms with van der Waals surface area (Å²) < 4.78 is 5.40. The number of fused-ring (bicyclic) bond motifs is 1. The second-order valence-electron chi connectivity index (χ2n) is 7.22. The number of benzene rings is 2. The third-order valence-corrected chi connectivity index (χ3v) is 5.29. The maximum atomic E-state index is 12.7. The van der Waals surface area contributed by atoms with Gasteiger partial charge in [0, 0.05) is 17.7 Å². The fourth-order valence-corrected chi connectivity index (χ4v) is 3.46. The number of ketones is 1. The molecule has 0 fully saturated rings. The highest BCUT2D eigenvalue weighted by atomic mass is 16.5. The lowest BCUT2D eigenvalue weighted by molar-refractivity contribution is -0.145. The van der Waals surface area contributed by atoms with E-state index >= 15 is 0 Å². The summed E-state index contributed by atoms with van der Waals surface area (Å²) in [5, 5.41) is 2.79. The summed E-state index contributed by atoms with van der Waals surface area (Å²) >= 11 is 0. The van der Waals surface area contributed by atoms with E-state index in [0.717, 1.165) is 23.2 Å². The van der Waals surface area contributed by atoms with Crippen LogP contribution < -0.4 is 5.32 Å². The van der Waals surface area contributed by atoms with Crippen molar-refractivity contribution < 1.29 is 19.1 Å². The minimum atomic E-state index is -0.391. The van der Waals surface area contributed by atoms with Gasteiger partial charge in [0.1, 0.15) is 0 Å². The molecule has 1 N–H and O–H groups in total. The number of Topliss-reactive ketones (excluding diaryl/α,β-unsaturated/α-hetero) is 1. The van der Waals surface area contributed by atoms with Crippen LogP contribution in [0.5, 0.6) is 0 Å². The zero-order valence-corrected chi connectivity index (χ0v) is 16.2. The summed E-state index contributed by atoms with van der Waals surface area (Å²) in [7, 11) is 0.